The first-order valence-corrected chi connectivity index (χ1v) is 9.10. The van der Waals surface area contributed by atoms with Crippen molar-refractivity contribution in [2.24, 2.45) is 0 Å². The van der Waals surface area contributed by atoms with E-state index >= 15 is 0 Å². The quantitative estimate of drug-likeness (QED) is 0.789. The minimum Gasteiger partial charge on any atom is -0.491 e. The third kappa shape index (κ3) is 5.93. The van der Waals surface area contributed by atoms with Crippen LogP contribution >= 0.6 is 0 Å². The van der Waals surface area contributed by atoms with Crippen molar-refractivity contribution in [2.75, 3.05) is 23.7 Å². The van der Waals surface area contributed by atoms with Gasteiger partial charge in [0.15, 0.2) is 0 Å². The molecule has 0 bridgehead atoms. The second-order valence-corrected chi connectivity index (χ2v) is 7.11. The Balaban J connectivity index is 2.82. The molecule has 0 fully saturated rings. The van der Waals surface area contributed by atoms with E-state index in [1.807, 2.05) is 13.8 Å². The van der Waals surface area contributed by atoms with Crippen LogP contribution in [-0.2, 0) is 14.8 Å². The van der Waals surface area contributed by atoms with Crippen LogP contribution in [0.3, 0.4) is 0 Å². The Morgan fingerprint density at radius 1 is 1.27 bits per heavy atom. The minimum atomic E-state index is -3.42. The molecule has 0 saturated heterocycles. The van der Waals surface area contributed by atoms with Gasteiger partial charge >= 0.3 is 0 Å². The smallest absolute Gasteiger partial charge is 0.232 e. The van der Waals surface area contributed by atoms with Crippen molar-refractivity contribution in [2.45, 2.75) is 33.3 Å². The summed E-state index contributed by atoms with van der Waals surface area (Å²) in [6.45, 7) is 6.05. The Morgan fingerprint density at radius 3 is 2.32 bits per heavy atom. The Hall–Kier alpha value is -1.76. The maximum Gasteiger partial charge on any atom is 0.232 e. The number of hydrogen-bond acceptors (Lipinski definition) is 4. The number of nitrogens with zero attached hydrogens (tertiary/aromatic N) is 1. The standard InChI is InChI=1S/C15H24N2O4S/c1-5-15(18)16-10-11-17(22(4,19)20)13-6-8-14(9-7-13)21-12(2)3/h6-9,12H,5,10-11H2,1-4H3,(H,16,18). The highest BCUT2D eigenvalue weighted by molar-refractivity contribution is 7.92. The molecule has 1 amide bonds. The van der Waals surface area contributed by atoms with Crippen LogP contribution in [0.1, 0.15) is 27.2 Å². The van der Waals surface area contributed by atoms with Crippen molar-refractivity contribution in [3.8, 4) is 5.75 Å². The average molecular weight is 328 g/mol. The van der Waals surface area contributed by atoms with Crippen molar-refractivity contribution in [3.63, 3.8) is 0 Å². The molecular weight excluding hydrogens is 304 g/mol. The normalized spacial score (nSPS) is 11.3. The third-order valence-corrected chi connectivity index (χ3v) is 4.05. The number of nitrogens with one attached hydrogen (secondary N) is 1. The molecule has 0 heterocycles. The van der Waals surface area contributed by atoms with E-state index in [0.717, 1.165) is 6.26 Å². The number of sulfonamides is 1. The first kappa shape index (κ1) is 18.3. The highest BCUT2D eigenvalue weighted by atomic mass is 32.2. The van der Waals surface area contributed by atoms with E-state index < -0.39 is 10.0 Å². The molecular formula is C15H24N2O4S. The van der Waals surface area contributed by atoms with E-state index in [4.69, 9.17) is 4.74 Å². The van der Waals surface area contributed by atoms with Crippen LogP contribution in [0.25, 0.3) is 0 Å². The summed E-state index contributed by atoms with van der Waals surface area (Å²) in [6.07, 6.45) is 1.58. The van der Waals surface area contributed by atoms with E-state index in [1.165, 1.54) is 4.31 Å². The summed E-state index contributed by atoms with van der Waals surface area (Å²) in [5, 5.41) is 2.67. The predicted octanol–water partition coefficient (Wildman–Crippen LogP) is 1.77. The summed E-state index contributed by atoms with van der Waals surface area (Å²) in [7, 11) is -3.42. The van der Waals surface area contributed by atoms with Crippen LogP contribution in [0, 0.1) is 0 Å². The predicted molar refractivity (Wildman–Crippen MR) is 87.7 cm³/mol. The Bertz CT molecular complexity index is 582. The Morgan fingerprint density at radius 2 is 1.86 bits per heavy atom. The van der Waals surface area contributed by atoms with E-state index in [1.54, 1.807) is 31.2 Å². The number of hydrogen-bond donors (Lipinski definition) is 1. The van der Waals surface area contributed by atoms with Gasteiger partial charge < -0.3 is 10.1 Å². The van der Waals surface area contributed by atoms with Crippen LogP contribution in [-0.4, -0.2) is 39.8 Å². The molecule has 0 aliphatic heterocycles. The fourth-order valence-electron chi connectivity index (χ4n) is 1.87. The molecule has 0 aliphatic carbocycles. The zero-order chi connectivity index (χ0) is 16.8. The minimum absolute atomic E-state index is 0.0566. The lowest BCUT2D eigenvalue weighted by atomic mass is 10.3. The van der Waals surface area contributed by atoms with Crippen LogP contribution in [0.2, 0.25) is 0 Å². The summed E-state index contributed by atoms with van der Waals surface area (Å²) in [5.74, 6) is 0.584. The molecule has 1 aromatic rings. The largest absolute Gasteiger partial charge is 0.491 e. The molecule has 6 nitrogen and oxygen atoms in total. The van der Waals surface area contributed by atoms with Crippen LogP contribution in [0.15, 0.2) is 24.3 Å². The van der Waals surface area contributed by atoms with Gasteiger partial charge in [-0.25, -0.2) is 8.42 Å². The lowest BCUT2D eigenvalue weighted by Gasteiger charge is -2.23. The maximum absolute atomic E-state index is 11.9. The molecule has 1 aromatic carbocycles. The van der Waals surface area contributed by atoms with Gasteiger partial charge in [0, 0.05) is 13.0 Å². The van der Waals surface area contributed by atoms with Gasteiger partial charge in [0.2, 0.25) is 15.9 Å². The molecule has 7 heteroatoms. The summed E-state index contributed by atoms with van der Waals surface area (Å²) in [5.41, 5.74) is 0.546. The SMILES string of the molecule is CCC(=O)NCCN(c1ccc(OC(C)C)cc1)S(C)(=O)=O. The number of benzene rings is 1. The molecule has 124 valence electrons. The highest BCUT2D eigenvalue weighted by Crippen LogP contribution is 2.22. The van der Waals surface area contributed by atoms with Gasteiger partial charge in [-0.1, -0.05) is 6.92 Å². The lowest BCUT2D eigenvalue weighted by Crippen LogP contribution is -2.38. The van der Waals surface area contributed by atoms with Gasteiger partial charge in [-0.05, 0) is 38.1 Å². The van der Waals surface area contributed by atoms with Crippen molar-refractivity contribution < 1.29 is 17.9 Å². The fourth-order valence-corrected chi connectivity index (χ4v) is 2.80. The molecule has 22 heavy (non-hydrogen) atoms. The molecule has 0 atom stereocenters. The van der Waals surface area contributed by atoms with Crippen LogP contribution in [0.4, 0.5) is 5.69 Å². The second kappa shape index (κ2) is 8.03. The van der Waals surface area contributed by atoms with Crippen molar-refractivity contribution in [1.82, 2.24) is 5.32 Å². The number of amides is 1. The molecule has 0 radical (unpaired) electrons. The summed E-state index contributed by atoms with van der Waals surface area (Å²) in [4.78, 5) is 11.2. The van der Waals surface area contributed by atoms with Crippen molar-refractivity contribution in [1.29, 1.82) is 0 Å². The molecule has 0 spiro atoms. The lowest BCUT2D eigenvalue weighted by molar-refractivity contribution is -0.120. The maximum atomic E-state index is 11.9. The van der Waals surface area contributed by atoms with Crippen LogP contribution < -0.4 is 14.4 Å². The van der Waals surface area contributed by atoms with E-state index in [9.17, 15) is 13.2 Å². The monoisotopic (exact) mass is 328 g/mol. The number of carbonyl (C=O) groups is 1. The van der Waals surface area contributed by atoms with Crippen LogP contribution in [0.5, 0.6) is 5.75 Å². The van der Waals surface area contributed by atoms with Crippen molar-refractivity contribution in [3.05, 3.63) is 24.3 Å². The van der Waals surface area contributed by atoms with Gasteiger partial charge in [0.25, 0.3) is 0 Å². The van der Waals surface area contributed by atoms with E-state index in [0.29, 0.717) is 17.9 Å². The molecule has 1 N–H and O–H groups in total. The molecule has 0 unspecified atom stereocenters. The summed E-state index contributed by atoms with van der Waals surface area (Å²) < 4.78 is 30.6. The number of rotatable bonds is 8. The van der Waals surface area contributed by atoms with E-state index in [-0.39, 0.29) is 25.1 Å². The average Bonchev–Trinajstić information content (AvgIpc) is 2.42. The zero-order valence-corrected chi connectivity index (χ0v) is 14.3. The third-order valence-electron chi connectivity index (χ3n) is 2.85. The van der Waals surface area contributed by atoms with Gasteiger partial charge in [0.05, 0.1) is 24.6 Å². The summed E-state index contributed by atoms with van der Waals surface area (Å²) in [6, 6.07) is 6.86. The number of carbonyl (C=O) groups excluding carboxylic acids is 1. The number of ether oxygens (including phenoxy) is 1. The Kier molecular flexibility index (Phi) is 6.67. The van der Waals surface area contributed by atoms with Gasteiger partial charge in [-0.15, -0.1) is 0 Å². The first-order chi connectivity index (χ1) is 10.2. The first-order valence-electron chi connectivity index (χ1n) is 7.25. The van der Waals surface area contributed by atoms with Gasteiger partial charge in [-0.2, -0.15) is 0 Å². The molecule has 0 aromatic heterocycles. The topological polar surface area (TPSA) is 75.7 Å². The highest BCUT2D eigenvalue weighted by Gasteiger charge is 2.17. The summed E-state index contributed by atoms with van der Waals surface area (Å²) >= 11 is 0. The van der Waals surface area contributed by atoms with Gasteiger partial charge in [-0.3, -0.25) is 9.10 Å². The Labute approximate surface area is 132 Å². The van der Waals surface area contributed by atoms with Crippen molar-refractivity contribution >= 4 is 21.6 Å². The fraction of sp³-hybridized carbons (Fsp3) is 0.533. The second-order valence-electron chi connectivity index (χ2n) is 5.20. The number of anilines is 1. The molecule has 0 saturated carbocycles. The zero-order valence-electron chi connectivity index (χ0n) is 13.5. The molecule has 1 rings (SSSR count). The van der Waals surface area contributed by atoms with Gasteiger partial charge in [0.1, 0.15) is 5.75 Å². The molecule has 0 aliphatic rings. The van der Waals surface area contributed by atoms with E-state index in [2.05, 4.69) is 5.32 Å².